The predicted octanol–water partition coefficient (Wildman–Crippen LogP) is 2.58. The molecule has 1 aliphatic rings. The molecule has 5 nitrogen and oxygen atoms in total. The summed E-state index contributed by atoms with van der Waals surface area (Å²) in [5.41, 5.74) is 1.10. The summed E-state index contributed by atoms with van der Waals surface area (Å²) in [6.45, 7) is 1.76. The van der Waals surface area contributed by atoms with Crippen molar-refractivity contribution in [2.45, 2.75) is 43.5 Å². The van der Waals surface area contributed by atoms with E-state index in [1.807, 2.05) is 24.4 Å². The Morgan fingerprint density at radius 3 is 3.14 bits per heavy atom. The maximum Gasteiger partial charge on any atom is 0.191 e. The highest BCUT2D eigenvalue weighted by molar-refractivity contribution is 7.99. The average Bonchev–Trinajstić information content (AvgIpc) is 3.00. The lowest BCUT2D eigenvalue weighted by Crippen LogP contribution is -2.21. The topological polar surface area (TPSA) is 52.8 Å². The molecule has 0 radical (unpaired) electrons. The van der Waals surface area contributed by atoms with Gasteiger partial charge >= 0.3 is 0 Å². The van der Waals surface area contributed by atoms with Crippen molar-refractivity contribution < 1.29 is 4.74 Å². The molecule has 1 unspecified atom stereocenters. The molecule has 0 aromatic carbocycles. The van der Waals surface area contributed by atoms with Crippen LogP contribution in [0.2, 0.25) is 0 Å². The standard InChI is InChI=1S/C15H20N4OS/c1-3-8-16-13(5-1)7-9-19-12-17-18-15(19)21-11-14-6-2-4-10-20-14/h1,3,5,8,12,14H,2,4,6-7,9-11H2. The van der Waals surface area contributed by atoms with E-state index in [4.69, 9.17) is 4.74 Å². The van der Waals surface area contributed by atoms with Crippen LogP contribution in [0.3, 0.4) is 0 Å². The van der Waals surface area contributed by atoms with Gasteiger partial charge in [-0.2, -0.15) is 0 Å². The zero-order valence-corrected chi connectivity index (χ0v) is 12.8. The van der Waals surface area contributed by atoms with E-state index < -0.39 is 0 Å². The zero-order valence-electron chi connectivity index (χ0n) is 12.0. The second-order valence-electron chi connectivity index (χ2n) is 5.18. The third-order valence-electron chi connectivity index (χ3n) is 3.59. The van der Waals surface area contributed by atoms with Crippen molar-refractivity contribution in [2.24, 2.45) is 0 Å². The highest BCUT2D eigenvalue weighted by Gasteiger charge is 2.15. The molecule has 3 rings (SSSR count). The fraction of sp³-hybridized carbons (Fsp3) is 0.533. The van der Waals surface area contributed by atoms with E-state index in [2.05, 4.69) is 19.7 Å². The fourth-order valence-electron chi connectivity index (χ4n) is 2.40. The van der Waals surface area contributed by atoms with Gasteiger partial charge in [-0.25, -0.2) is 0 Å². The molecule has 0 N–H and O–H groups in total. The molecule has 2 aromatic rings. The Labute approximate surface area is 129 Å². The molecule has 2 aromatic heterocycles. The number of rotatable bonds is 6. The summed E-state index contributed by atoms with van der Waals surface area (Å²) in [5, 5.41) is 9.21. The van der Waals surface area contributed by atoms with Crippen LogP contribution in [0.25, 0.3) is 0 Å². The van der Waals surface area contributed by atoms with Crippen LogP contribution in [0, 0.1) is 0 Å². The molecule has 112 valence electrons. The summed E-state index contributed by atoms with van der Waals surface area (Å²) in [6.07, 6.45) is 8.52. The van der Waals surface area contributed by atoms with Crippen molar-refractivity contribution in [1.29, 1.82) is 0 Å². The van der Waals surface area contributed by atoms with Gasteiger partial charge in [0.1, 0.15) is 6.33 Å². The SMILES string of the molecule is c1ccc(CCn2cnnc2SCC2CCCCO2)nc1. The first-order valence-corrected chi connectivity index (χ1v) is 8.42. The quantitative estimate of drug-likeness (QED) is 0.768. The highest BCUT2D eigenvalue weighted by Crippen LogP contribution is 2.22. The molecular formula is C15H20N4OS. The largest absolute Gasteiger partial charge is 0.377 e. The number of hydrogen-bond donors (Lipinski definition) is 0. The van der Waals surface area contributed by atoms with Crippen molar-refractivity contribution in [3.8, 4) is 0 Å². The molecular weight excluding hydrogens is 284 g/mol. The van der Waals surface area contributed by atoms with E-state index in [1.54, 1.807) is 18.1 Å². The molecule has 1 saturated heterocycles. The second-order valence-corrected chi connectivity index (χ2v) is 6.16. The monoisotopic (exact) mass is 304 g/mol. The number of hydrogen-bond acceptors (Lipinski definition) is 5. The van der Waals surface area contributed by atoms with Crippen LogP contribution in [0.4, 0.5) is 0 Å². The normalized spacial score (nSPS) is 18.8. The number of ether oxygens (including phenoxy) is 1. The molecule has 1 fully saturated rings. The van der Waals surface area contributed by atoms with E-state index in [-0.39, 0.29) is 0 Å². The molecule has 6 heteroatoms. The highest BCUT2D eigenvalue weighted by atomic mass is 32.2. The van der Waals surface area contributed by atoms with E-state index in [9.17, 15) is 0 Å². The summed E-state index contributed by atoms with van der Waals surface area (Å²) >= 11 is 1.74. The maximum absolute atomic E-state index is 5.76. The first kappa shape index (κ1) is 14.5. The maximum atomic E-state index is 5.76. The van der Waals surface area contributed by atoms with Crippen molar-refractivity contribution in [1.82, 2.24) is 19.7 Å². The van der Waals surface area contributed by atoms with Crippen molar-refractivity contribution in [2.75, 3.05) is 12.4 Å². The van der Waals surface area contributed by atoms with Gasteiger partial charge in [0.05, 0.1) is 6.10 Å². The molecule has 0 bridgehead atoms. The first-order valence-electron chi connectivity index (χ1n) is 7.44. The van der Waals surface area contributed by atoms with Gasteiger partial charge in [0.15, 0.2) is 5.16 Å². The van der Waals surface area contributed by atoms with E-state index >= 15 is 0 Å². The molecule has 0 saturated carbocycles. The molecule has 0 aliphatic carbocycles. The Hall–Kier alpha value is -1.40. The van der Waals surface area contributed by atoms with Crippen LogP contribution >= 0.6 is 11.8 Å². The smallest absolute Gasteiger partial charge is 0.191 e. The van der Waals surface area contributed by atoms with Crippen molar-refractivity contribution in [3.05, 3.63) is 36.4 Å². The Morgan fingerprint density at radius 2 is 2.33 bits per heavy atom. The minimum absolute atomic E-state index is 0.365. The Morgan fingerprint density at radius 1 is 1.33 bits per heavy atom. The van der Waals surface area contributed by atoms with Gasteiger partial charge in [0.25, 0.3) is 0 Å². The van der Waals surface area contributed by atoms with Crippen LogP contribution < -0.4 is 0 Å². The lowest BCUT2D eigenvalue weighted by Gasteiger charge is -2.21. The van der Waals surface area contributed by atoms with E-state index in [1.165, 1.54) is 12.8 Å². The number of aryl methyl sites for hydroxylation is 2. The average molecular weight is 304 g/mol. The molecule has 1 atom stereocenters. The third-order valence-corrected chi connectivity index (χ3v) is 4.70. The lowest BCUT2D eigenvalue weighted by molar-refractivity contribution is 0.0315. The third kappa shape index (κ3) is 4.28. The molecule has 0 spiro atoms. The van der Waals surface area contributed by atoms with E-state index in [0.29, 0.717) is 6.10 Å². The van der Waals surface area contributed by atoms with Crippen LogP contribution in [0.1, 0.15) is 25.0 Å². The Balaban J connectivity index is 1.51. The molecule has 0 amide bonds. The van der Waals surface area contributed by atoms with Crippen LogP contribution in [0.5, 0.6) is 0 Å². The minimum atomic E-state index is 0.365. The summed E-state index contributed by atoms with van der Waals surface area (Å²) in [4.78, 5) is 4.35. The number of pyridine rings is 1. The Kier molecular flexibility index (Phi) is 5.23. The summed E-state index contributed by atoms with van der Waals surface area (Å²) in [7, 11) is 0. The minimum Gasteiger partial charge on any atom is -0.377 e. The van der Waals surface area contributed by atoms with Crippen LogP contribution in [-0.4, -0.2) is 38.2 Å². The summed E-state index contributed by atoms with van der Waals surface area (Å²) in [6, 6.07) is 6.01. The fourth-order valence-corrected chi connectivity index (χ4v) is 3.40. The first-order chi connectivity index (χ1) is 10.4. The lowest BCUT2D eigenvalue weighted by atomic mass is 10.1. The van der Waals surface area contributed by atoms with Gasteiger partial charge in [0, 0.05) is 37.2 Å². The van der Waals surface area contributed by atoms with Gasteiger partial charge in [-0.3, -0.25) is 4.98 Å². The number of aromatic nitrogens is 4. The Bertz CT molecular complexity index is 540. The van der Waals surface area contributed by atoms with Gasteiger partial charge in [0.2, 0.25) is 0 Å². The van der Waals surface area contributed by atoms with Gasteiger partial charge in [-0.05, 0) is 31.4 Å². The van der Waals surface area contributed by atoms with E-state index in [0.717, 1.165) is 42.6 Å². The molecule has 1 aliphatic heterocycles. The van der Waals surface area contributed by atoms with Crippen molar-refractivity contribution in [3.63, 3.8) is 0 Å². The molecule has 3 heterocycles. The summed E-state index contributed by atoms with van der Waals surface area (Å²) < 4.78 is 7.86. The molecule has 21 heavy (non-hydrogen) atoms. The summed E-state index contributed by atoms with van der Waals surface area (Å²) in [5.74, 6) is 0.961. The van der Waals surface area contributed by atoms with Gasteiger partial charge in [-0.15, -0.1) is 10.2 Å². The van der Waals surface area contributed by atoms with Crippen molar-refractivity contribution >= 4 is 11.8 Å². The second kappa shape index (κ2) is 7.56. The zero-order chi connectivity index (χ0) is 14.3. The van der Waals surface area contributed by atoms with Crippen LogP contribution in [0.15, 0.2) is 35.9 Å². The van der Waals surface area contributed by atoms with Gasteiger partial charge < -0.3 is 9.30 Å². The number of nitrogens with zero attached hydrogens (tertiary/aromatic N) is 4. The predicted molar refractivity (Wildman–Crippen MR) is 82.3 cm³/mol. The number of thioether (sulfide) groups is 1. The van der Waals surface area contributed by atoms with Crippen LogP contribution in [-0.2, 0) is 17.7 Å². The van der Waals surface area contributed by atoms with Gasteiger partial charge in [-0.1, -0.05) is 17.8 Å².